The third-order valence-corrected chi connectivity index (χ3v) is 3.49. The molecule has 1 aromatic carbocycles. The van der Waals surface area contributed by atoms with E-state index >= 15 is 0 Å². The predicted octanol–water partition coefficient (Wildman–Crippen LogP) is 0.915. The molecule has 1 aliphatic heterocycles. The molecule has 2 aromatic rings. The molecule has 7 heteroatoms. The lowest BCUT2D eigenvalue weighted by atomic mass is 10.1. The number of fused-ring (bicyclic) bond motifs is 1. The molecule has 2 heterocycles. The lowest BCUT2D eigenvalue weighted by Crippen LogP contribution is -2.38. The third-order valence-electron chi connectivity index (χ3n) is 3.49. The quantitative estimate of drug-likeness (QED) is 0.848. The highest BCUT2D eigenvalue weighted by Gasteiger charge is 2.25. The van der Waals surface area contributed by atoms with Gasteiger partial charge < -0.3 is 19.9 Å². The Morgan fingerprint density at radius 2 is 2.29 bits per heavy atom. The summed E-state index contributed by atoms with van der Waals surface area (Å²) in [5, 5.41) is 7.88. The van der Waals surface area contributed by atoms with Crippen LogP contribution in [0.4, 0.5) is 5.69 Å². The van der Waals surface area contributed by atoms with Gasteiger partial charge in [-0.2, -0.15) is 0 Å². The summed E-state index contributed by atoms with van der Waals surface area (Å²) in [4.78, 5) is 14.4. The summed E-state index contributed by atoms with van der Waals surface area (Å²) < 4.78 is 7.48. The summed E-state index contributed by atoms with van der Waals surface area (Å²) >= 11 is 0. The Bertz CT molecular complexity index is 667. The number of rotatable bonds is 3. The summed E-state index contributed by atoms with van der Waals surface area (Å²) in [5.41, 5.74) is 6.88. The van der Waals surface area contributed by atoms with Crippen molar-refractivity contribution in [1.82, 2.24) is 19.7 Å². The second-order valence-corrected chi connectivity index (χ2v) is 4.82. The van der Waals surface area contributed by atoms with Crippen molar-refractivity contribution in [3.63, 3.8) is 0 Å². The maximum Gasteiger partial charge on any atom is 0.258 e. The predicted molar refractivity (Wildman–Crippen MR) is 76.8 cm³/mol. The first-order chi connectivity index (χ1) is 10.2. The van der Waals surface area contributed by atoms with Gasteiger partial charge in [0.2, 0.25) is 0 Å². The van der Waals surface area contributed by atoms with E-state index in [2.05, 4.69) is 10.2 Å². The zero-order valence-corrected chi connectivity index (χ0v) is 11.8. The summed E-state index contributed by atoms with van der Waals surface area (Å²) in [6.45, 7) is 4.08. The number of nitrogens with zero attached hydrogens (tertiary/aromatic N) is 4. The van der Waals surface area contributed by atoms with Crippen molar-refractivity contribution in [3.05, 3.63) is 35.9 Å². The van der Waals surface area contributed by atoms with Gasteiger partial charge in [0.1, 0.15) is 6.33 Å². The number of nitrogen functional groups attached to an aromatic ring is 1. The van der Waals surface area contributed by atoms with E-state index in [-0.39, 0.29) is 5.91 Å². The molecule has 0 unspecified atom stereocenters. The molecule has 0 radical (unpaired) electrons. The van der Waals surface area contributed by atoms with E-state index < -0.39 is 0 Å². The molecular formula is C14H17N5O2. The highest BCUT2D eigenvalue weighted by Crippen LogP contribution is 2.28. The van der Waals surface area contributed by atoms with Crippen molar-refractivity contribution < 1.29 is 9.53 Å². The largest absolute Gasteiger partial charge is 0.491 e. The fourth-order valence-corrected chi connectivity index (χ4v) is 2.44. The standard InChI is InChI=1S/C14H17N5O2/c1-2-21-13-10(4-3-5-11(13)15)14(20)18-6-7-19-9-16-17-12(19)8-18/h3-5,9H,2,6-8,15H2,1H3. The molecule has 2 N–H and O–H groups in total. The minimum absolute atomic E-state index is 0.0972. The third kappa shape index (κ3) is 2.42. The molecule has 0 aliphatic carbocycles. The number of carbonyl (C=O) groups is 1. The number of hydrogen-bond acceptors (Lipinski definition) is 5. The topological polar surface area (TPSA) is 86.3 Å². The Morgan fingerprint density at radius 1 is 1.43 bits per heavy atom. The fourth-order valence-electron chi connectivity index (χ4n) is 2.44. The van der Waals surface area contributed by atoms with Gasteiger partial charge in [0.25, 0.3) is 5.91 Å². The van der Waals surface area contributed by atoms with Crippen molar-refractivity contribution in [2.75, 3.05) is 18.9 Å². The van der Waals surface area contributed by atoms with Crippen LogP contribution in [0.15, 0.2) is 24.5 Å². The van der Waals surface area contributed by atoms with Crippen LogP contribution >= 0.6 is 0 Å². The second kappa shape index (κ2) is 5.43. The molecule has 0 bridgehead atoms. The summed E-state index contributed by atoms with van der Waals surface area (Å²) in [7, 11) is 0. The number of para-hydroxylation sites is 1. The van der Waals surface area contributed by atoms with E-state index in [9.17, 15) is 4.79 Å². The normalized spacial score (nSPS) is 13.9. The molecule has 0 atom stereocenters. The monoisotopic (exact) mass is 287 g/mol. The van der Waals surface area contributed by atoms with Gasteiger partial charge in [-0.25, -0.2) is 0 Å². The van der Waals surface area contributed by atoms with Crippen LogP contribution in [0.25, 0.3) is 0 Å². The Hall–Kier alpha value is -2.57. The first-order valence-electron chi connectivity index (χ1n) is 6.88. The van der Waals surface area contributed by atoms with Crippen LogP contribution in [0.3, 0.4) is 0 Å². The van der Waals surface area contributed by atoms with E-state index in [0.717, 1.165) is 5.82 Å². The molecule has 1 aromatic heterocycles. The minimum Gasteiger partial charge on any atom is -0.491 e. The molecular weight excluding hydrogens is 270 g/mol. The van der Waals surface area contributed by atoms with Crippen LogP contribution in [0.1, 0.15) is 23.1 Å². The summed E-state index contributed by atoms with van der Waals surface area (Å²) in [6.07, 6.45) is 1.68. The number of aromatic nitrogens is 3. The first kappa shape index (κ1) is 13.4. The van der Waals surface area contributed by atoms with E-state index in [1.54, 1.807) is 29.4 Å². The molecule has 1 aliphatic rings. The van der Waals surface area contributed by atoms with Crippen LogP contribution in [0, 0.1) is 0 Å². The number of amides is 1. The van der Waals surface area contributed by atoms with Gasteiger partial charge in [0, 0.05) is 13.1 Å². The second-order valence-electron chi connectivity index (χ2n) is 4.82. The van der Waals surface area contributed by atoms with Crippen molar-refractivity contribution >= 4 is 11.6 Å². The lowest BCUT2D eigenvalue weighted by molar-refractivity contribution is 0.0703. The Balaban J connectivity index is 1.88. The fraction of sp³-hybridized carbons (Fsp3) is 0.357. The number of anilines is 1. The molecule has 21 heavy (non-hydrogen) atoms. The van der Waals surface area contributed by atoms with Crippen LogP contribution in [0.2, 0.25) is 0 Å². The number of ether oxygens (including phenoxy) is 1. The van der Waals surface area contributed by atoms with Gasteiger partial charge in [-0.15, -0.1) is 10.2 Å². The van der Waals surface area contributed by atoms with Gasteiger partial charge in [-0.3, -0.25) is 4.79 Å². The number of nitrogens with two attached hydrogens (primary N) is 1. The average Bonchev–Trinajstić information content (AvgIpc) is 2.96. The van der Waals surface area contributed by atoms with Crippen LogP contribution in [0.5, 0.6) is 5.75 Å². The molecule has 0 spiro atoms. The van der Waals surface area contributed by atoms with E-state index in [0.29, 0.717) is 43.2 Å². The van der Waals surface area contributed by atoms with Gasteiger partial charge >= 0.3 is 0 Å². The summed E-state index contributed by atoms with van der Waals surface area (Å²) in [6, 6.07) is 5.23. The van der Waals surface area contributed by atoms with Crippen LogP contribution < -0.4 is 10.5 Å². The number of carbonyl (C=O) groups excluding carboxylic acids is 1. The summed E-state index contributed by atoms with van der Waals surface area (Å²) in [5.74, 6) is 1.15. The van der Waals surface area contributed by atoms with Gasteiger partial charge in [0.15, 0.2) is 11.6 Å². The van der Waals surface area contributed by atoms with Gasteiger partial charge in [-0.1, -0.05) is 6.07 Å². The molecule has 110 valence electrons. The highest BCUT2D eigenvalue weighted by atomic mass is 16.5. The highest BCUT2D eigenvalue weighted by molar-refractivity contribution is 5.98. The average molecular weight is 287 g/mol. The van der Waals surface area contributed by atoms with Crippen LogP contribution in [-0.4, -0.2) is 38.7 Å². The smallest absolute Gasteiger partial charge is 0.258 e. The Labute approximate surface area is 122 Å². The maximum atomic E-state index is 12.7. The molecule has 0 saturated heterocycles. The van der Waals surface area contributed by atoms with Gasteiger partial charge in [-0.05, 0) is 19.1 Å². The molecule has 0 saturated carbocycles. The molecule has 7 nitrogen and oxygen atoms in total. The van der Waals surface area contributed by atoms with E-state index in [4.69, 9.17) is 10.5 Å². The molecule has 3 rings (SSSR count). The Morgan fingerprint density at radius 3 is 3.10 bits per heavy atom. The van der Waals surface area contributed by atoms with Crippen LogP contribution in [-0.2, 0) is 13.1 Å². The zero-order valence-electron chi connectivity index (χ0n) is 11.8. The zero-order chi connectivity index (χ0) is 14.8. The SMILES string of the molecule is CCOc1c(N)cccc1C(=O)N1CCn2cnnc2C1. The van der Waals surface area contributed by atoms with Crippen molar-refractivity contribution in [3.8, 4) is 5.75 Å². The maximum absolute atomic E-state index is 12.7. The van der Waals surface area contributed by atoms with Gasteiger partial charge in [0.05, 0.1) is 24.4 Å². The van der Waals surface area contributed by atoms with E-state index in [1.807, 2.05) is 11.5 Å². The van der Waals surface area contributed by atoms with E-state index in [1.165, 1.54) is 0 Å². The van der Waals surface area contributed by atoms with Crippen molar-refractivity contribution in [2.24, 2.45) is 0 Å². The first-order valence-corrected chi connectivity index (χ1v) is 6.88. The molecule has 1 amide bonds. The van der Waals surface area contributed by atoms with Crippen molar-refractivity contribution in [2.45, 2.75) is 20.0 Å². The Kier molecular flexibility index (Phi) is 3.47. The number of benzene rings is 1. The number of hydrogen-bond donors (Lipinski definition) is 1. The van der Waals surface area contributed by atoms with Crippen molar-refractivity contribution in [1.29, 1.82) is 0 Å². The molecule has 0 fully saturated rings. The minimum atomic E-state index is -0.0972. The lowest BCUT2D eigenvalue weighted by Gasteiger charge is -2.27.